The normalized spacial score (nSPS) is 15.1. The molecule has 1 aromatic carbocycles. The maximum absolute atomic E-state index is 13.9. The van der Waals surface area contributed by atoms with Gasteiger partial charge in [-0.2, -0.15) is 0 Å². The number of anilines is 1. The third-order valence-electron chi connectivity index (χ3n) is 2.96. The maximum Gasteiger partial charge on any atom is 0.243 e. The van der Waals surface area contributed by atoms with E-state index in [4.69, 9.17) is 5.73 Å². The van der Waals surface area contributed by atoms with Crippen LogP contribution in [0, 0.1) is 12.7 Å². The Morgan fingerprint density at radius 3 is 2.60 bits per heavy atom. The zero-order valence-electron chi connectivity index (χ0n) is 11.9. The molecule has 114 valence electrons. The summed E-state index contributed by atoms with van der Waals surface area (Å²) < 4.78 is 40.3. The molecule has 0 spiro atoms. The van der Waals surface area contributed by atoms with Crippen molar-refractivity contribution in [3.8, 4) is 0 Å². The highest BCUT2D eigenvalue weighted by molar-refractivity contribution is 7.89. The van der Waals surface area contributed by atoms with Crippen molar-refractivity contribution >= 4 is 15.7 Å². The second-order valence-corrected chi connectivity index (χ2v) is 6.96. The highest BCUT2D eigenvalue weighted by Gasteiger charge is 2.26. The monoisotopic (exact) mass is 304 g/mol. The molecule has 0 aliphatic carbocycles. The van der Waals surface area contributed by atoms with Crippen molar-refractivity contribution < 1.29 is 17.9 Å². The number of aliphatic hydroxyl groups is 1. The van der Waals surface area contributed by atoms with E-state index in [0.29, 0.717) is 12.8 Å². The summed E-state index contributed by atoms with van der Waals surface area (Å²) in [6, 6.07) is 2.43. The molecule has 0 fully saturated rings. The first-order chi connectivity index (χ1) is 9.09. The lowest BCUT2D eigenvalue weighted by molar-refractivity contribution is 0.0554. The molecule has 0 aliphatic heterocycles. The van der Waals surface area contributed by atoms with Gasteiger partial charge in [0.15, 0.2) is 0 Å². The van der Waals surface area contributed by atoms with Crippen LogP contribution in [0.3, 0.4) is 0 Å². The highest BCUT2D eigenvalue weighted by Crippen LogP contribution is 2.22. The standard InChI is InChI=1S/C13H21FN2O3S/c1-4-5-13(3,17)8-16-20(18,19)11-7-10(15)6-9(2)12(11)14/h6-7,16-17H,4-5,8,15H2,1-3H3. The Morgan fingerprint density at radius 2 is 2.05 bits per heavy atom. The number of aryl methyl sites for hydroxylation is 1. The quantitative estimate of drug-likeness (QED) is 0.695. The van der Waals surface area contributed by atoms with Gasteiger partial charge in [-0.1, -0.05) is 13.3 Å². The van der Waals surface area contributed by atoms with Gasteiger partial charge in [0.2, 0.25) is 10.0 Å². The van der Waals surface area contributed by atoms with Gasteiger partial charge in [0.1, 0.15) is 10.7 Å². The molecule has 20 heavy (non-hydrogen) atoms. The summed E-state index contributed by atoms with van der Waals surface area (Å²) in [7, 11) is -4.05. The van der Waals surface area contributed by atoms with Crippen molar-refractivity contribution in [1.29, 1.82) is 0 Å². The Morgan fingerprint density at radius 1 is 1.45 bits per heavy atom. The number of hydrogen-bond donors (Lipinski definition) is 3. The SMILES string of the molecule is CCCC(C)(O)CNS(=O)(=O)c1cc(N)cc(C)c1F. The minimum atomic E-state index is -4.05. The third-order valence-corrected chi connectivity index (χ3v) is 4.37. The Bertz CT molecular complexity index is 586. The Balaban J connectivity index is 3.01. The second-order valence-electron chi connectivity index (χ2n) is 5.22. The van der Waals surface area contributed by atoms with Gasteiger partial charge in [-0.05, 0) is 38.0 Å². The van der Waals surface area contributed by atoms with Crippen molar-refractivity contribution in [3.63, 3.8) is 0 Å². The second kappa shape index (κ2) is 6.07. The minimum Gasteiger partial charge on any atom is -0.399 e. The van der Waals surface area contributed by atoms with Gasteiger partial charge in [0.05, 0.1) is 5.60 Å². The van der Waals surface area contributed by atoms with Gasteiger partial charge in [-0.3, -0.25) is 0 Å². The molecule has 5 nitrogen and oxygen atoms in total. The fraction of sp³-hybridized carbons (Fsp3) is 0.538. The summed E-state index contributed by atoms with van der Waals surface area (Å²) in [4.78, 5) is -0.498. The van der Waals surface area contributed by atoms with Gasteiger partial charge >= 0.3 is 0 Å². The molecular formula is C13H21FN2O3S. The Hall–Kier alpha value is -1.18. The van der Waals surface area contributed by atoms with E-state index in [1.54, 1.807) is 0 Å². The zero-order valence-corrected chi connectivity index (χ0v) is 12.7. The van der Waals surface area contributed by atoms with E-state index in [2.05, 4.69) is 4.72 Å². The van der Waals surface area contributed by atoms with Crippen molar-refractivity contribution in [1.82, 2.24) is 4.72 Å². The van der Waals surface area contributed by atoms with Gasteiger partial charge in [0.25, 0.3) is 0 Å². The van der Waals surface area contributed by atoms with Crippen LogP contribution in [0.1, 0.15) is 32.3 Å². The van der Waals surface area contributed by atoms with Gasteiger partial charge in [0, 0.05) is 12.2 Å². The summed E-state index contributed by atoms with van der Waals surface area (Å²) >= 11 is 0. The van der Waals surface area contributed by atoms with E-state index in [-0.39, 0.29) is 17.8 Å². The number of nitrogens with one attached hydrogen (secondary N) is 1. The van der Waals surface area contributed by atoms with E-state index in [0.717, 1.165) is 6.07 Å². The van der Waals surface area contributed by atoms with E-state index >= 15 is 0 Å². The molecule has 0 radical (unpaired) electrons. The molecule has 0 saturated heterocycles. The minimum absolute atomic E-state index is 0.158. The number of nitrogen functional groups attached to an aromatic ring is 1. The molecule has 1 atom stereocenters. The first-order valence-corrected chi connectivity index (χ1v) is 7.85. The van der Waals surface area contributed by atoms with Crippen molar-refractivity contribution in [3.05, 3.63) is 23.5 Å². The van der Waals surface area contributed by atoms with E-state index < -0.39 is 26.3 Å². The van der Waals surface area contributed by atoms with E-state index in [1.165, 1.54) is 19.9 Å². The van der Waals surface area contributed by atoms with Crippen LogP contribution in [0.25, 0.3) is 0 Å². The topological polar surface area (TPSA) is 92.4 Å². The van der Waals surface area contributed by atoms with E-state index in [9.17, 15) is 17.9 Å². The molecule has 0 aliphatic rings. The van der Waals surface area contributed by atoms with Crippen LogP contribution < -0.4 is 10.5 Å². The predicted octanol–water partition coefficient (Wildman–Crippen LogP) is 1.55. The predicted molar refractivity (Wildman–Crippen MR) is 76.3 cm³/mol. The van der Waals surface area contributed by atoms with Crippen molar-refractivity contribution in [2.45, 2.75) is 44.1 Å². The zero-order chi connectivity index (χ0) is 15.6. The Labute approximate surface area is 119 Å². The van der Waals surface area contributed by atoms with Gasteiger partial charge in [-0.15, -0.1) is 0 Å². The van der Waals surface area contributed by atoms with Crippen LogP contribution >= 0.6 is 0 Å². The molecule has 0 aromatic heterocycles. The van der Waals surface area contributed by atoms with Crippen molar-refractivity contribution in [2.24, 2.45) is 0 Å². The van der Waals surface area contributed by atoms with Crippen molar-refractivity contribution in [2.75, 3.05) is 12.3 Å². The Kier molecular flexibility index (Phi) is 5.12. The number of hydrogen-bond acceptors (Lipinski definition) is 4. The van der Waals surface area contributed by atoms with Crippen LogP contribution in [0.4, 0.5) is 10.1 Å². The van der Waals surface area contributed by atoms with Crippen LogP contribution in [-0.2, 0) is 10.0 Å². The lowest BCUT2D eigenvalue weighted by Gasteiger charge is -2.23. The molecule has 1 rings (SSSR count). The fourth-order valence-corrected chi connectivity index (χ4v) is 3.26. The number of sulfonamides is 1. The molecule has 0 amide bonds. The molecule has 0 heterocycles. The summed E-state index contributed by atoms with van der Waals surface area (Å²) in [5.74, 6) is -0.832. The largest absolute Gasteiger partial charge is 0.399 e. The van der Waals surface area contributed by atoms with Crippen LogP contribution in [0.5, 0.6) is 0 Å². The average Bonchev–Trinajstić information content (AvgIpc) is 2.31. The smallest absolute Gasteiger partial charge is 0.243 e. The number of nitrogens with two attached hydrogens (primary N) is 1. The molecule has 1 unspecified atom stereocenters. The van der Waals surface area contributed by atoms with Crippen LogP contribution in [0.15, 0.2) is 17.0 Å². The van der Waals surface area contributed by atoms with E-state index in [1.807, 2.05) is 6.92 Å². The summed E-state index contributed by atoms with van der Waals surface area (Å²) in [6.45, 7) is 4.66. The molecule has 1 aromatic rings. The van der Waals surface area contributed by atoms with Gasteiger partial charge in [-0.25, -0.2) is 17.5 Å². The maximum atomic E-state index is 13.9. The molecule has 0 bridgehead atoms. The fourth-order valence-electron chi connectivity index (χ4n) is 1.91. The summed E-state index contributed by atoms with van der Waals surface area (Å²) in [6.07, 6.45) is 1.15. The number of rotatable bonds is 6. The summed E-state index contributed by atoms with van der Waals surface area (Å²) in [5, 5.41) is 9.96. The number of halogens is 1. The van der Waals surface area contributed by atoms with Crippen LogP contribution in [0.2, 0.25) is 0 Å². The lowest BCUT2D eigenvalue weighted by Crippen LogP contribution is -2.40. The molecular weight excluding hydrogens is 283 g/mol. The average molecular weight is 304 g/mol. The number of benzene rings is 1. The molecule has 4 N–H and O–H groups in total. The molecule has 7 heteroatoms. The van der Waals surface area contributed by atoms with Crippen LogP contribution in [-0.4, -0.2) is 25.7 Å². The van der Waals surface area contributed by atoms with Gasteiger partial charge < -0.3 is 10.8 Å². The third kappa shape index (κ3) is 4.16. The highest BCUT2D eigenvalue weighted by atomic mass is 32.2. The first-order valence-electron chi connectivity index (χ1n) is 6.37. The lowest BCUT2D eigenvalue weighted by atomic mass is 10.0. The first kappa shape index (κ1) is 16.9. The molecule has 0 saturated carbocycles. The summed E-state index contributed by atoms with van der Waals surface area (Å²) in [5.41, 5.74) is 4.70.